The molecule has 0 aromatic heterocycles. The number of likely N-dealkylation sites (N-methyl/N-ethyl adjacent to an activating group) is 1. The maximum atomic E-state index is 9.70. The Labute approximate surface area is 116 Å². The zero-order chi connectivity index (χ0) is 13.9. The van der Waals surface area contributed by atoms with Crippen molar-refractivity contribution in [2.75, 3.05) is 66.3 Å². The van der Waals surface area contributed by atoms with Crippen molar-refractivity contribution in [3.8, 4) is 0 Å². The van der Waals surface area contributed by atoms with Crippen LogP contribution in [0.3, 0.4) is 0 Å². The molecule has 0 bridgehead atoms. The Kier molecular flexibility index (Phi) is 9.32. The van der Waals surface area contributed by atoms with E-state index >= 15 is 0 Å². The fourth-order valence-corrected chi connectivity index (χ4v) is 2.02. The van der Waals surface area contributed by atoms with Gasteiger partial charge in [0.2, 0.25) is 0 Å². The lowest BCUT2D eigenvalue weighted by Crippen LogP contribution is -2.47. The summed E-state index contributed by atoms with van der Waals surface area (Å²) < 4.78 is 15.8. The third kappa shape index (κ3) is 7.81. The number of aliphatic hydroxyl groups is 1. The minimum Gasteiger partial charge on any atom is -0.389 e. The molecule has 1 aliphatic heterocycles. The summed E-state index contributed by atoms with van der Waals surface area (Å²) in [4.78, 5) is 2.38. The quantitative estimate of drug-likeness (QED) is 0.516. The molecule has 2 atom stereocenters. The highest BCUT2D eigenvalue weighted by atomic mass is 16.5. The van der Waals surface area contributed by atoms with Gasteiger partial charge in [-0.05, 0) is 6.54 Å². The summed E-state index contributed by atoms with van der Waals surface area (Å²) in [7, 11) is 1.63. The van der Waals surface area contributed by atoms with Crippen LogP contribution in [0.4, 0.5) is 0 Å². The van der Waals surface area contributed by atoms with Gasteiger partial charge in [-0.3, -0.25) is 4.90 Å². The molecule has 6 nitrogen and oxygen atoms in total. The topological polar surface area (TPSA) is 63.2 Å². The molecule has 0 saturated carbocycles. The fourth-order valence-electron chi connectivity index (χ4n) is 2.02. The normalized spacial score (nSPS) is 22.6. The second kappa shape index (κ2) is 10.5. The number of hydrogen-bond acceptors (Lipinski definition) is 6. The van der Waals surface area contributed by atoms with Crippen LogP contribution in [0.25, 0.3) is 0 Å². The first-order valence-corrected chi connectivity index (χ1v) is 7.05. The van der Waals surface area contributed by atoms with Crippen LogP contribution < -0.4 is 5.32 Å². The van der Waals surface area contributed by atoms with Crippen molar-refractivity contribution >= 4 is 0 Å². The summed E-state index contributed by atoms with van der Waals surface area (Å²) in [5.74, 6) is 0. The second-order valence-corrected chi connectivity index (χ2v) is 4.77. The first-order valence-electron chi connectivity index (χ1n) is 7.05. The fraction of sp³-hybridized carbons (Fsp3) is 1.00. The van der Waals surface area contributed by atoms with Gasteiger partial charge in [0.15, 0.2) is 0 Å². The Hall–Kier alpha value is -0.240. The molecule has 0 amide bonds. The highest BCUT2D eigenvalue weighted by Gasteiger charge is 2.18. The maximum absolute atomic E-state index is 9.70. The molecule has 1 aliphatic rings. The van der Waals surface area contributed by atoms with Crippen LogP contribution in [0.15, 0.2) is 0 Å². The molecule has 0 spiro atoms. The van der Waals surface area contributed by atoms with E-state index in [0.717, 1.165) is 32.8 Å². The van der Waals surface area contributed by atoms with E-state index in [1.807, 2.05) is 0 Å². The number of ether oxygens (including phenoxy) is 3. The Morgan fingerprint density at radius 3 is 3.05 bits per heavy atom. The number of morpholine rings is 1. The van der Waals surface area contributed by atoms with E-state index in [2.05, 4.69) is 17.1 Å². The minimum atomic E-state index is -0.484. The number of aliphatic hydroxyl groups excluding tert-OH is 1. The van der Waals surface area contributed by atoms with E-state index in [4.69, 9.17) is 14.2 Å². The van der Waals surface area contributed by atoms with E-state index in [1.165, 1.54) is 0 Å². The van der Waals surface area contributed by atoms with Gasteiger partial charge in [-0.2, -0.15) is 0 Å². The first kappa shape index (κ1) is 16.8. The Bertz CT molecular complexity index is 219. The largest absolute Gasteiger partial charge is 0.389 e. The Balaban J connectivity index is 1.99. The SMILES string of the molecule is CCN1CCOC(CNCC(O)COCCOC)C1. The average Bonchev–Trinajstić information content (AvgIpc) is 2.44. The lowest BCUT2D eigenvalue weighted by Gasteiger charge is -2.32. The molecule has 2 unspecified atom stereocenters. The second-order valence-electron chi connectivity index (χ2n) is 4.77. The van der Waals surface area contributed by atoms with E-state index in [0.29, 0.717) is 26.4 Å². The van der Waals surface area contributed by atoms with Gasteiger partial charge in [-0.1, -0.05) is 6.92 Å². The van der Waals surface area contributed by atoms with Gasteiger partial charge >= 0.3 is 0 Å². The molecule has 0 aromatic rings. The van der Waals surface area contributed by atoms with Gasteiger partial charge in [0, 0.05) is 33.3 Å². The third-order valence-corrected chi connectivity index (χ3v) is 3.16. The van der Waals surface area contributed by atoms with Gasteiger partial charge < -0.3 is 24.6 Å². The molecule has 1 rings (SSSR count). The van der Waals surface area contributed by atoms with Crippen molar-refractivity contribution in [3.05, 3.63) is 0 Å². The van der Waals surface area contributed by atoms with Crippen LogP contribution in [0.2, 0.25) is 0 Å². The van der Waals surface area contributed by atoms with E-state index in [-0.39, 0.29) is 6.10 Å². The van der Waals surface area contributed by atoms with Crippen molar-refractivity contribution in [1.82, 2.24) is 10.2 Å². The minimum absolute atomic E-state index is 0.218. The molecule has 2 N–H and O–H groups in total. The summed E-state index contributed by atoms with van der Waals surface area (Å²) in [5.41, 5.74) is 0. The number of rotatable bonds is 10. The summed E-state index contributed by atoms with van der Waals surface area (Å²) >= 11 is 0. The summed E-state index contributed by atoms with van der Waals surface area (Å²) in [6.07, 6.45) is -0.266. The predicted molar refractivity (Wildman–Crippen MR) is 73.4 cm³/mol. The van der Waals surface area contributed by atoms with Crippen molar-refractivity contribution in [2.45, 2.75) is 19.1 Å². The first-order chi connectivity index (χ1) is 9.26. The van der Waals surface area contributed by atoms with Gasteiger partial charge in [-0.15, -0.1) is 0 Å². The predicted octanol–water partition coefficient (Wildman–Crippen LogP) is -0.679. The molecule has 1 heterocycles. The monoisotopic (exact) mass is 276 g/mol. The third-order valence-electron chi connectivity index (χ3n) is 3.16. The van der Waals surface area contributed by atoms with Crippen LogP contribution in [0.5, 0.6) is 0 Å². The lowest BCUT2D eigenvalue weighted by atomic mass is 10.2. The molecule has 114 valence electrons. The van der Waals surface area contributed by atoms with E-state index < -0.39 is 6.10 Å². The standard InChI is InChI=1S/C13H28N2O4/c1-3-15-4-5-19-13(10-15)9-14-8-12(16)11-18-7-6-17-2/h12-14,16H,3-11H2,1-2H3. The highest BCUT2D eigenvalue weighted by Crippen LogP contribution is 2.03. The van der Waals surface area contributed by atoms with Gasteiger partial charge in [0.1, 0.15) is 0 Å². The van der Waals surface area contributed by atoms with Gasteiger partial charge in [-0.25, -0.2) is 0 Å². The van der Waals surface area contributed by atoms with Crippen molar-refractivity contribution < 1.29 is 19.3 Å². The van der Waals surface area contributed by atoms with Gasteiger partial charge in [0.25, 0.3) is 0 Å². The average molecular weight is 276 g/mol. The van der Waals surface area contributed by atoms with Crippen LogP contribution in [-0.4, -0.2) is 88.5 Å². The maximum Gasteiger partial charge on any atom is 0.0897 e. The van der Waals surface area contributed by atoms with Crippen LogP contribution in [0, 0.1) is 0 Å². The summed E-state index contributed by atoms with van der Waals surface area (Å²) in [6.45, 7) is 8.71. The number of hydrogen-bond donors (Lipinski definition) is 2. The van der Waals surface area contributed by atoms with Crippen molar-refractivity contribution in [1.29, 1.82) is 0 Å². The zero-order valence-corrected chi connectivity index (χ0v) is 12.1. The van der Waals surface area contributed by atoms with E-state index in [9.17, 15) is 5.11 Å². The molecule has 19 heavy (non-hydrogen) atoms. The smallest absolute Gasteiger partial charge is 0.0897 e. The summed E-state index contributed by atoms with van der Waals surface area (Å²) in [6, 6.07) is 0. The van der Waals surface area contributed by atoms with Gasteiger partial charge in [0.05, 0.1) is 38.6 Å². The van der Waals surface area contributed by atoms with Crippen LogP contribution in [-0.2, 0) is 14.2 Å². The molecule has 6 heteroatoms. The Morgan fingerprint density at radius 1 is 1.47 bits per heavy atom. The van der Waals surface area contributed by atoms with Crippen molar-refractivity contribution in [3.63, 3.8) is 0 Å². The van der Waals surface area contributed by atoms with E-state index in [1.54, 1.807) is 7.11 Å². The molecule has 0 radical (unpaired) electrons. The Morgan fingerprint density at radius 2 is 2.32 bits per heavy atom. The van der Waals surface area contributed by atoms with Crippen LogP contribution in [0.1, 0.15) is 6.92 Å². The number of nitrogens with zero attached hydrogens (tertiary/aromatic N) is 1. The molecule has 0 aromatic carbocycles. The molecular weight excluding hydrogens is 248 g/mol. The lowest BCUT2D eigenvalue weighted by molar-refractivity contribution is -0.0281. The molecule has 1 fully saturated rings. The molecule has 1 saturated heterocycles. The highest BCUT2D eigenvalue weighted by molar-refractivity contribution is 4.73. The van der Waals surface area contributed by atoms with Crippen LogP contribution >= 0.6 is 0 Å². The molecular formula is C13H28N2O4. The summed E-state index contributed by atoms with van der Waals surface area (Å²) in [5, 5.41) is 12.9. The number of nitrogens with one attached hydrogen (secondary N) is 1. The molecule has 0 aliphatic carbocycles. The van der Waals surface area contributed by atoms with Crippen molar-refractivity contribution in [2.24, 2.45) is 0 Å². The zero-order valence-electron chi connectivity index (χ0n) is 12.1. The number of methoxy groups -OCH3 is 1.